The molecule has 0 N–H and O–H groups in total. The first-order valence-corrected chi connectivity index (χ1v) is 5.52. The summed E-state index contributed by atoms with van der Waals surface area (Å²) in [7, 11) is 0. The van der Waals surface area contributed by atoms with E-state index in [9.17, 15) is 0 Å². The Morgan fingerprint density at radius 3 is 2.57 bits per heavy atom. The van der Waals surface area contributed by atoms with Gasteiger partial charge in [-0.05, 0) is 25.0 Å². The van der Waals surface area contributed by atoms with Gasteiger partial charge in [-0.1, -0.05) is 33.1 Å². The summed E-state index contributed by atoms with van der Waals surface area (Å²) in [4.78, 5) is 0. The molecule has 14 heavy (non-hydrogen) atoms. The van der Waals surface area contributed by atoms with E-state index in [0.29, 0.717) is 0 Å². The average Bonchev–Trinajstić information content (AvgIpc) is 2.60. The molecule has 0 saturated heterocycles. The van der Waals surface area contributed by atoms with Gasteiger partial charge in [-0.3, -0.25) is 0 Å². The summed E-state index contributed by atoms with van der Waals surface area (Å²) in [6.45, 7) is 5.68. The van der Waals surface area contributed by atoms with Crippen LogP contribution in [0, 0.1) is 0 Å². The molecule has 0 amide bonds. The Bertz CT molecular complexity index is 230. The number of aryl methyl sites for hydroxylation is 2. The van der Waals surface area contributed by atoms with Gasteiger partial charge in [0.1, 0.15) is 0 Å². The molecule has 0 unspecified atom stereocenters. The molecule has 1 nitrogen and oxygen atoms in total. The molecule has 0 saturated carbocycles. The molecule has 1 rings (SSSR count). The molecule has 0 aliphatic rings. The number of nitrogens with zero attached hydrogens (tertiary/aromatic N) is 1. The maximum absolute atomic E-state index is 2.38. The van der Waals surface area contributed by atoms with Gasteiger partial charge in [0.25, 0.3) is 0 Å². The molecule has 0 aromatic carbocycles. The molecule has 1 aromatic heterocycles. The fourth-order valence-electron chi connectivity index (χ4n) is 1.70. The van der Waals surface area contributed by atoms with Crippen molar-refractivity contribution < 1.29 is 0 Å². The molecular weight excluding hydrogens is 194 g/mol. The van der Waals surface area contributed by atoms with Crippen LogP contribution in [-0.4, -0.2) is 4.57 Å². The monoisotopic (exact) mass is 215 g/mol. The Labute approximate surface area is 93.9 Å². The molecule has 0 aliphatic heterocycles. The van der Waals surface area contributed by atoms with Crippen molar-refractivity contribution in [3.05, 3.63) is 24.0 Å². The number of hydrogen-bond donors (Lipinski definition) is 0. The van der Waals surface area contributed by atoms with Crippen molar-refractivity contribution in [2.75, 3.05) is 0 Å². The zero-order chi connectivity index (χ0) is 9.52. The van der Waals surface area contributed by atoms with Crippen LogP contribution in [0.5, 0.6) is 0 Å². The summed E-state index contributed by atoms with van der Waals surface area (Å²) in [5, 5.41) is 0. The lowest BCUT2D eigenvalue weighted by molar-refractivity contribution is 0.571. The van der Waals surface area contributed by atoms with E-state index in [1.54, 1.807) is 0 Å². The van der Waals surface area contributed by atoms with Crippen LogP contribution in [0.2, 0.25) is 0 Å². The van der Waals surface area contributed by atoms with Crippen LogP contribution in [0.1, 0.15) is 45.2 Å². The Balaban J connectivity index is 0.00000169. The van der Waals surface area contributed by atoms with E-state index in [1.165, 1.54) is 37.9 Å². The van der Waals surface area contributed by atoms with Crippen LogP contribution < -0.4 is 0 Å². The van der Waals surface area contributed by atoms with E-state index in [-0.39, 0.29) is 12.4 Å². The first kappa shape index (κ1) is 13.6. The summed E-state index contributed by atoms with van der Waals surface area (Å²) >= 11 is 0. The van der Waals surface area contributed by atoms with E-state index in [4.69, 9.17) is 0 Å². The lowest BCUT2D eigenvalue weighted by atomic mass is 10.2. The van der Waals surface area contributed by atoms with Crippen molar-refractivity contribution in [3.63, 3.8) is 0 Å². The molecule has 0 atom stereocenters. The highest BCUT2D eigenvalue weighted by atomic mass is 35.5. The van der Waals surface area contributed by atoms with Crippen LogP contribution >= 0.6 is 12.4 Å². The van der Waals surface area contributed by atoms with Crippen LogP contribution in [0.4, 0.5) is 0 Å². The Morgan fingerprint density at radius 1 is 1.14 bits per heavy atom. The van der Waals surface area contributed by atoms with Crippen molar-refractivity contribution in [1.29, 1.82) is 0 Å². The summed E-state index contributed by atoms with van der Waals surface area (Å²) in [6.07, 6.45) is 8.76. The second-order valence-electron chi connectivity index (χ2n) is 3.61. The summed E-state index contributed by atoms with van der Waals surface area (Å²) in [5.41, 5.74) is 1.47. The third-order valence-corrected chi connectivity index (χ3v) is 2.54. The van der Waals surface area contributed by atoms with Gasteiger partial charge in [0.15, 0.2) is 0 Å². The predicted molar refractivity (Wildman–Crippen MR) is 65.2 cm³/mol. The lowest BCUT2D eigenvalue weighted by Crippen LogP contribution is -2.00. The van der Waals surface area contributed by atoms with Gasteiger partial charge < -0.3 is 4.57 Å². The van der Waals surface area contributed by atoms with Gasteiger partial charge in [0.05, 0.1) is 0 Å². The highest BCUT2D eigenvalue weighted by molar-refractivity contribution is 5.85. The van der Waals surface area contributed by atoms with Gasteiger partial charge in [-0.25, -0.2) is 0 Å². The highest BCUT2D eigenvalue weighted by Gasteiger charge is 1.96. The van der Waals surface area contributed by atoms with Crippen molar-refractivity contribution >= 4 is 12.4 Å². The Morgan fingerprint density at radius 2 is 1.93 bits per heavy atom. The minimum absolute atomic E-state index is 0. The van der Waals surface area contributed by atoms with Crippen molar-refractivity contribution in [3.8, 4) is 0 Å². The molecule has 2 heteroatoms. The fourth-order valence-corrected chi connectivity index (χ4v) is 1.70. The van der Waals surface area contributed by atoms with E-state index in [1.807, 2.05) is 0 Å². The smallest absolute Gasteiger partial charge is 0.0222 e. The van der Waals surface area contributed by atoms with Gasteiger partial charge in [-0.15, -0.1) is 12.4 Å². The Hall–Kier alpha value is -0.430. The molecule has 0 bridgehead atoms. The van der Waals surface area contributed by atoms with Crippen LogP contribution in [-0.2, 0) is 13.0 Å². The second-order valence-corrected chi connectivity index (χ2v) is 3.61. The average molecular weight is 216 g/mol. The normalized spacial score (nSPS) is 9.86. The summed E-state index contributed by atoms with van der Waals surface area (Å²) < 4.78 is 2.38. The van der Waals surface area contributed by atoms with E-state index in [2.05, 4.69) is 36.7 Å². The third kappa shape index (κ3) is 4.19. The molecule has 0 radical (unpaired) electrons. The van der Waals surface area contributed by atoms with Crippen molar-refractivity contribution in [2.45, 2.75) is 52.5 Å². The Kier molecular flexibility index (Phi) is 7.68. The number of unbranched alkanes of at least 4 members (excludes halogenated alkanes) is 3. The maximum atomic E-state index is 2.38. The molecule has 0 spiro atoms. The first-order valence-electron chi connectivity index (χ1n) is 5.52. The van der Waals surface area contributed by atoms with Crippen molar-refractivity contribution in [1.82, 2.24) is 4.57 Å². The number of halogens is 1. The van der Waals surface area contributed by atoms with Gasteiger partial charge >= 0.3 is 0 Å². The predicted octanol–water partition coefficient (Wildman–Crippen LogP) is 4.05. The van der Waals surface area contributed by atoms with Crippen LogP contribution in [0.3, 0.4) is 0 Å². The molecule has 1 heterocycles. The first-order chi connectivity index (χ1) is 6.38. The van der Waals surface area contributed by atoms with Gasteiger partial charge in [-0.2, -0.15) is 0 Å². The number of hydrogen-bond acceptors (Lipinski definition) is 0. The van der Waals surface area contributed by atoms with Crippen molar-refractivity contribution in [2.24, 2.45) is 0 Å². The highest BCUT2D eigenvalue weighted by Crippen LogP contribution is 2.07. The van der Waals surface area contributed by atoms with Gasteiger partial charge in [0, 0.05) is 18.4 Å². The molecule has 0 fully saturated rings. The van der Waals surface area contributed by atoms with Crippen LogP contribution in [0.25, 0.3) is 0 Å². The summed E-state index contributed by atoms with van der Waals surface area (Å²) in [6, 6.07) is 4.37. The topological polar surface area (TPSA) is 4.93 Å². The second kappa shape index (κ2) is 7.93. The van der Waals surface area contributed by atoms with E-state index in [0.717, 1.165) is 6.42 Å². The zero-order valence-electron chi connectivity index (χ0n) is 9.33. The standard InChI is InChI=1S/C12H21N.ClH/c1-3-5-6-7-10-13-11-8-9-12(13)4-2;/h8-9,11H,3-7,10H2,1-2H3;1H. The lowest BCUT2D eigenvalue weighted by Gasteiger charge is -2.06. The molecule has 0 aliphatic carbocycles. The summed E-state index contributed by atoms with van der Waals surface area (Å²) in [5.74, 6) is 0. The molecule has 1 aromatic rings. The fraction of sp³-hybridized carbons (Fsp3) is 0.667. The third-order valence-electron chi connectivity index (χ3n) is 2.54. The number of rotatable bonds is 6. The maximum Gasteiger partial charge on any atom is 0.0222 e. The largest absolute Gasteiger partial charge is 0.351 e. The quantitative estimate of drug-likeness (QED) is 0.631. The minimum atomic E-state index is 0. The van der Waals surface area contributed by atoms with E-state index >= 15 is 0 Å². The zero-order valence-corrected chi connectivity index (χ0v) is 10.1. The molecule has 82 valence electrons. The van der Waals surface area contributed by atoms with Gasteiger partial charge in [0.2, 0.25) is 0 Å². The molecular formula is C12H22ClN. The SMILES string of the molecule is CCCCCCn1cccc1CC.Cl. The minimum Gasteiger partial charge on any atom is -0.351 e. The van der Waals surface area contributed by atoms with E-state index < -0.39 is 0 Å². The van der Waals surface area contributed by atoms with Crippen LogP contribution in [0.15, 0.2) is 18.3 Å². The number of aromatic nitrogens is 1.